The maximum absolute atomic E-state index is 11.6. The van der Waals surface area contributed by atoms with E-state index in [1.807, 2.05) is 45.0 Å². The molecule has 1 rings (SSSR count). The maximum Gasteiger partial charge on any atom is 0.172 e. The normalized spacial score (nSPS) is 13.7. The highest BCUT2D eigenvalue weighted by Gasteiger charge is 1.99. The summed E-state index contributed by atoms with van der Waals surface area (Å²) in [7, 11) is -1.24. The first-order valence-corrected chi connectivity index (χ1v) is 5.73. The van der Waals surface area contributed by atoms with Crippen LogP contribution in [0.3, 0.4) is 0 Å². The van der Waals surface area contributed by atoms with Crippen LogP contribution in [-0.2, 0) is 11.0 Å². The molecule has 2 nitrogen and oxygen atoms in total. The zero-order chi connectivity index (χ0) is 10.6. The summed E-state index contributed by atoms with van der Waals surface area (Å²) in [5.41, 5.74) is 1.17. The number of benzene rings is 1. The van der Waals surface area contributed by atoms with Crippen LogP contribution >= 0.6 is 0 Å². The zero-order valence-electron chi connectivity index (χ0n) is 8.73. The van der Waals surface area contributed by atoms with E-state index < -0.39 is 11.0 Å². The summed E-state index contributed by atoms with van der Waals surface area (Å²) in [5, 5.41) is 0. The average molecular weight is 209 g/mol. The fourth-order valence-electron chi connectivity index (χ4n) is 0.893. The molecule has 0 unspecified atom stereocenters. The van der Waals surface area contributed by atoms with Crippen LogP contribution in [0.25, 0.3) is 0 Å². The molecule has 1 aromatic carbocycles. The van der Waals surface area contributed by atoms with Crippen molar-refractivity contribution in [2.45, 2.75) is 25.7 Å². The third-order valence-corrected chi connectivity index (χ3v) is 2.67. The lowest BCUT2D eigenvalue weighted by molar-refractivity contribution is 0.684. The molecule has 0 saturated heterocycles. The summed E-state index contributed by atoms with van der Waals surface area (Å²) in [5.74, 6) is 0.337. The molecule has 0 N–H and O–H groups in total. The minimum Gasteiger partial charge on any atom is -0.230 e. The summed E-state index contributed by atoms with van der Waals surface area (Å²) < 4.78 is 15.5. The maximum atomic E-state index is 11.6. The van der Waals surface area contributed by atoms with Crippen molar-refractivity contribution in [1.82, 2.24) is 0 Å². The number of hydrogen-bond donors (Lipinski definition) is 0. The van der Waals surface area contributed by atoms with E-state index in [4.69, 9.17) is 0 Å². The predicted molar refractivity (Wildman–Crippen MR) is 60.9 cm³/mol. The van der Waals surface area contributed by atoms with Crippen LogP contribution < -0.4 is 0 Å². The van der Waals surface area contributed by atoms with Crippen molar-refractivity contribution in [2.75, 3.05) is 0 Å². The van der Waals surface area contributed by atoms with Crippen molar-refractivity contribution in [3.05, 3.63) is 29.8 Å². The molecular weight excluding hydrogens is 194 g/mol. The van der Waals surface area contributed by atoms with Gasteiger partial charge in [0.05, 0.1) is 4.90 Å². The number of rotatable bonds is 3. The second kappa shape index (κ2) is 5.05. The Kier molecular flexibility index (Phi) is 4.01. The molecule has 0 aliphatic carbocycles. The van der Waals surface area contributed by atoms with Crippen molar-refractivity contribution >= 4 is 17.2 Å². The molecule has 0 saturated carbocycles. The van der Waals surface area contributed by atoms with E-state index in [-0.39, 0.29) is 0 Å². The van der Waals surface area contributed by atoms with Crippen LogP contribution in [0.15, 0.2) is 33.6 Å². The van der Waals surface area contributed by atoms with Gasteiger partial charge in [0.25, 0.3) is 0 Å². The molecule has 14 heavy (non-hydrogen) atoms. The standard InChI is InChI=1S/C11H15NOS/c1-9(2)8-12-14(13)11-6-4-10(3)5-7-11/h4-9H,1-3H3/b12-8+/t14-/m0/s1. The fraction of sp³-hybridized carbons (Fsp3) is 0.364. The Bertz CT molecular complexity index is 341. The average Bonchev–Trinajstić information content (AvgIpc) is 2.15. The molecule has 1 atom stereocenters. The van der Waals surface area contributed by atoms with Crippen molar-refractivity contribution in [1.29, 1.82) is 0 Å². The zero-order valence-corrected chi connectivity index (χ0v) is 9.54. The molecule has 3 heteroatoms. The Labute approximate surface area is 87.7 Å². The van der Waals surface area contributed by atoms with E-state index in [2.05, 4.69) is 4.40 Å². The highest BCUT2D eigenvalue weighted by Crippen LogP contribution is 2.08. The molecule has 0 bridgehead atoms. The lowest BCUT2D eigenvalue weighted by Crippen LogP contribution is -1.92. The van der Waals surface area contributed by atoms with Gasteiger partial charge in [-0.15, -0.1) is 0 Å². The van der Waals surface area contributed by atoms with Gasteiger partial charge in [-0.05, 0) is 25.0 Å². The summed E-state index contributed by atoms with van der Waals surface area (Å²) in [4.78, 5) is 0.757. The predicted octanol–water partition coefficient (Wildman–Crippen LogP) is 2.74. The molecule has 0 spiro atoms. The van der Waals surface area contributed by atoms with Crippen LogP contribution in [0.2, 0.25) is 0 Å². The minimum absolute atomic E-state index is 0.337. The Hall–Kier alpha value is -0.960. The molecule has 76 valence electrons. The molecule has 0 aliphatic heterocycles. The molecule has 0 fully saturated rings. The topological polar surface area (TPSA) is 29.4 Å². The summed E-state index contributed by atoms with van der Waals surface area (Å²) in [6, 6.07) is 7.59. The Morgan fingerprint density at radius 3 is 2.36 bits per heavy atom. The summed E-state index contributed by atoms with van der Waals surface area (Å²) >= 11 is 0. The van der Waals surface area contributed by atoms with Crippen LogP contribution in [0.5, 0.6) is 0 Å². The van der Waals surface area contributed by atoms with Gasteiger partial charge in [0.2, 0.25) is 0 Å². The first-order chi connectivity index (χ1) is 6.59. The quantitative estimate of drug-likeness (QED) is 0.704. The first kappa shape index (κ1) is 11.1. The van der Waals surface area contributed by atoms with E-state index in [9.17, 15) is 4.21 Å². The molecule has 0 amide bonds. The van der Waals surface area contributed by atoms with Crippen LogP contribution in [0.4, 0.5) is 0 Å². The van der Waals surface area contributed by atoms with E-state index in [0.717, 1.165) is 4.90 Å². The Balaban J connectivity index is 2.75. The lowest BCUT2D eigenvalue weighted by Gasteiger charge is -1.97. The molecular formula is C11H15NOS. The van der Waals surface area contributed by atoms with Gasteiger partial charge in [-0.3, -0.25) is 0 Å². The van der Waals surface area contributed by atoms with Crippen molar-refractivity contribution in [2.24, 2.45) is 10.3 Å². The lowest BCUT2D eigenvalue weighted by atomic mass is 10.2. The van der Waals surface area contributed by atoms with Gasteiger partial charge >= 0.3 is 0 Å². The van der Waals surface area contributed by atoms with E-state index in [1.165, 1.54) is 5.56 Å². The minimum atomic E-state index is -1.24. The Morgan fingerprint density at radius 1 is 1.29 bits per heavy atom. The third-order valence-electron chi connectivity index (χ3n) is 1.68. The Morgan fingerprint density at radius 2 is 1.86 bits per heavy atom. The highest BCUT2D eigenvalue weighted by molar-refractivity contribution is 7.83. The van der Waals surface area contributed by atoms with Gasteiger partial charge in [-0.25, -0.2) is 4.21 Å². The largest absolute Gasteiger partial charge is 0.230 e. The molecule has 0 radical (unpaired) electrons. The van der Waals surface area contributed by atoms with Crippen molar-refractivity contribution in [3.8, 4) is 0 Å². The van der Waals surface area contributed by atoms with Gasteiger partial charge in [0.15, 0.2) is 11.0 Å². The SMILES string of the molecule is Cc1ccc([S@](=O)/N=C/C(C)C)cc1. The van der Waals surface area contributed by atoms with Gasteiger partial charge in [-0.1, -0.05) is 31.5 Å². The smallest absolute Gasteiger partial charge is 0.172 e. The van der Waals surface area contributed by atoms with E-state index in [1.54, 1.807) is 6.21 Å². The monoisotopic (exact) mass is 209 g/mol. The van der Waals surface area contributed by atoms with Gasteiger partial charge < -0.3 is 0 Å². The van der Waals surface area contributed by atoms with Crippen molar-refractivity contribution < 1.29 is 4.21 Å². The van der Waals surface area contributed by atoms with Crippen LogP contribution in [0, 0.1) is 12.8 Å². The number of aryl methyl sites for hydroxylation is 1. The van der Waals surface area contributed by atoms with Crippen molar-refractivity contribution in [3.63, 3.8) is 0 Å². The summed E-state index contributed by atoms with van der Waals surface area (Å²) in [6.07, 6.45) is 1.72. The van der Waals surface area contributed by atoms with E-state index in [0.29, 0.717) is 5.92 Å². The first-order valence-electron chi connectivity index (χ1n) is 4.62. The fourth-order valence-corrected chi connectivity index (χ4v) is 1.74. The third kappa shape index (κ3) is 3.42. The van der Waals surface area contributed by atoms with Crippen LogP contribution in [0.1, 0.15) is 19.4 Å². The van der Waals surface area contributed by atoms with Gasteiger partial charge in [-0.2, -0.15) is 4.40 Å². The number of nitrogens with zero attached hydrogens (tertiary/aromatic N) is 1. The number of hydrogen-bond acceptors (Lipinski definition) is 1. The molecule has 1 aromatic rings. The second-order valence-corrected chi connectivity index (χ2v) is 4.74. The molecule has 0 aliphatic rings. The van der Waals surface area contributed by atoms with Crippen LogP contribution in [-0.4, -0.2) is 10.4 Å². The van der Waals surface area contributed by atoms with E-state index >= 15 is 0 Å². The summed E-state index contributed by atoms with van der Waals surface area (Å²) in [6.45, 7) is 6.02. The molecule has 0 heterocycles. The highest BCUT2D eigenvalue weighted by atomic mass is 32.2. The second-order valence-electron chi connectivity index (χ2n) is 3.56. The van der Waals surface area contributed by atoms with Gasteiger partial charge in [0.1, 0.15) is 0 Å². The van der Waals surface area contributed by atoms with Gasteiger partial charge in [0, 0.05) is 6.21 Å². The molecule has 0 aromatic heterocycles.